The van der Waals surface area contributed by atoms with Gasteiger partial charge in [-0.1, -0.05) is 0 Å². The lowest BCUT2D eigenvalue weighted by Crippen LogP contribution is -2.29. The van der Waals surface area contributed by atoms with Gasteiger partial charge in [0.15, 0.2) is 5.11 Å². The van der Waals surface area contributed by atoms with E-state index in [1.807, 2.05) is 6.26 Å². The highest BCUT2D eigenvalue weighted by Gasteiger charge is 2.11. The number of thiocarbonyl (C=S) groups is 1. The van der Waals surface area contributed by atoms with Gasteiger partial charge in [-0.3, -0.25) is 10.1 Å². The van der Waals surface area contributed by atoms with Crippen molar-refractivity contribution < 1.29 is 9.31 Å². The Morgan fingerprint density at radius 3 is 2.95 bits per heavy atom. The van der Waals surface area contributed by atoms with Crippen LogP contribution in [0.25, 0.3) is 0 Å². The summed E-state index contributed by atoms with van der Waals surface area (Å²) in [5.74, 6) is 0.416. The number of hydrogen-bond donors (Lipinski definition) is 2. The molecule has 0 aliphatic rings. The SMILES string of the molecule is CSCCCNC(=S)Nc1cc([N+](=O)[O-])ccc1F. The predicted octanol–water partition coefficient (Wildman–Crippen LogP) is 2.77. The first-order valence-corrected chi connectivity index (χ1v) is 7.32. The van der Waals surface area contributed by atoms with Gasteiger partial charge in [-0.15, -0.1) is 0 Å². The van der Waals surface area contributed by atoms with E-state index in [0.717, 1.165) is 30.4 Å². The van der Waals surface area contributed by atoms with Crippen LogP contribution < -0.4 is 10.6 Å². The molecular weight excluding hydrogens is 289 g/mol. The summed E-state index contributed by atoms with van der Waals surface area (Å²) in [5, 5.41) is 16.4. The molecule has 0 aliphatic heterocycles. The van der Waals surface area contributed by atoms with E-state index in [2.05, 4.69) is 10.6 Å². The summed E-state index contributed by atoms with van der Waals surface area (Å²) < 4.78 is 13.5. The lowest BCUT2D eigenvalue weighted by molar-refractivity contribution is -0.384. The summed E-state index contributed by atoms with van der Waals surface area (Å²) in [5.41, 5.74) is -0.189. The molecule has 0 spiro atoms. The number of halogens is 1. The summed E-state index contributed by atoms with van der Waals surface area (Å²) in [6.07, 6.45) is 2.94. The van der Waals surface area contributed by atoms with Gasteiger partial charge in [0.2, 0.25) is 0 Å². The van der Waals surface area contributed by atoms with Crippen molar-refractivity contribution in [2.45, 2.75) is 6.42 Å². The lowest BCUT2D eigenvalue weighted by Gasteiger charge is -2.10. The minimum Gasteiger partial charge on any atom is -0.362 e. The van der Waals surface area contributed by atoms with E-state index >= 15 is 0 Å². The first-order chi connectivity index (χ1) is 9.04. The minimum atomic E-state index is -0.584. The molecule has 0 heterocycles. The minimum absolute atomic E-state index is 0.00318. The van der Waals surface area contributed by atoms with Gasteiger partial charge in [-0.05, 0) is 36.7 Å². The van der Waals surface area contributed by atoms with Crippen molar-refractivity contribution in [1.29, 1.82) is 0 Å². The zero-order valence-corrected chi connectivity index (χ0v) is 11.9. The van der Waals surface area contributed by atoms with Crippen LogP contribution in [0.3, 0.4) is 0 Å². The number of thioether (sulfide) groups is 1. The van der Waals surface area contributed by atoms with E-state index in [0.29, 0.717) is 6.54 Å². The largest absolute Gasteiger partial charge is 0.362 e. The molecule has 0 saturated carbocycles. The van der Waals surface area contributed by atoms with Crippen molar-refractivity contribution in [3.63, 3.8) is 0 Å². The second-order valence-corrected chi connectivity index (χ2v) is 5.04. The summed E-state index contributed by atoms with van der Waals surface area (Å²) in [6, 6.07) is 3.26. The maximum Gasteiger partial charge on any atom is 0.271 e. The molecule has 1 rings (SSSR count). The van der Waals surface area contributed by atoms with Crippen molar-refractivity contribution in [1.82, 2.24) is 5.32 Å². The number of rotatable bonds is 6. The summed E-state index contributed by atoms with van der Waals surface area (Å²) in [7, 11) is 0. The maximum atomic E-state index is 13.5. The Labute approximate surface area is 120 Å². The van der Waals surface area contributed by atoms with Crippen LogP contribution in [0.4, 0.5) is 15.8 Å². The van der Waals surface area contributed by atoms with E-state index in [1.165, 1.54) is 0 Å². The molecule has 2 N–H and O–H groups in total. The lowest BCUT2D eigenvalue weighted by atomic mass is 10.2. The van der Waals surface area contributed by atoms with Gasteiger partial charge < -0.3 is 10.6 Å². The van der Waals surface area contributed by atoms with E-state index in [-0.39, 0.29) is 16.5 Å². The fourth-order valence-electron chi connectivity index (χ4n) is 1.31. The molecule has 0 unspecified atom stereocenters. The quantitative estimate of drug-likeness (QED) is 0.364. The summed E-state index contributed by atoms with van der Waals surface area (Å²) >= 11 is 6.71. The molecule has 104 valence electrons. The van der Waals surface area contributed by atoms with Gasteiger partial charge >= 0.3 is 0 Å². The van der Waals surface area contributed by atoms with Gasteiger partial charge in [0.1, 0.15) is 5.82 Å². The van der Waals surface area contributed by atoms with Crippen molar-refractivity contribution in [2.75, 3.05) is 23.9 Å². The molecule has 1 aromatic carbocycles. The standard InChI is InChI=1S/C11H14FN3O2S2/c1-19-6-2-5-13-11(18)14-10-7-8(15(16)17)3-4-9(10)12/h3-4,7H,2,5-6H2,1H3,(H2,13,14,18). The van der Waals surface area contributed by atoms with Gasteiger partial charge in [0, 0.05) is 18.7 Å². The van der Waals surface area contributed by atoms with Crippen LogP contribution in [-0.2, 0) is 0 Å². The molecule has 5 nitrogen and oxygen atoms in total. The molecule has 0 amide bonds. The van der Waals surface area contributed by atoms with Crippen LogP contribution in [-0.4, -0.2) is 28.6 Å². The smallest absolute Gasteiger partial charge is 0.271 e. The first kappa shape index (κ1) is 15.6. The number of non-ortho nitro benzene ring substituents is 1. The Balaban J connectivity index is 2.58. The zero-order valence-electron chi connectivity index (χ0n) is 10.3. The van der Waals surface area contributed by atoms with Crippen molar-refractivity contribution in [3.05, 3.63) is 34.1 Å². The number of nitrogens with zero attached hydrogens (tertiary/aromatic N) is 1. The fourth-order valence-corrected chi connectivity index (χ4v) is 1.95. The molecule has 0 atom stereocenters. The van der Waals surface area contributed by atoms with Gasteiger partial charge in [-0.25, -0.2) is 4.39 Å². The third-order valence-electron chi connectivity index (χ3n) is 2.22. The molecule has 8 heteroatoms. The Kier molecular flexibility index (Phi) is 6.51. The van der Waals surface area contributed by atoms with Crippen LogP contribution in [0.5, 0.6) is 0 Å². The van der Waals surface area contributed by atoms with E-state index in [4.69, 9.17) is 12.2 Å². The number of nitrogens with one attached hydrogen (secondary N) is 2. The normalized spacial score (nSPS) is 10.0. The monoisotopic (exact) mass is 303 g/mol. The number of hydrogen-bond acceptors (Lipinski definition) is 4. The van der Waals surface area contributed by atoms with Crippen molar-refractivity contribution >= 4 is 40.5 Å². The van der Waals surface area contributed by atoms with Gasteiger partial charge in [0.25, 0.3) is 5.69 Å². The molecule has 0 fully saturated rings. The molecule has 0 aromatic heterocycles. The predicted molar refractivity (Wildman–Crippen MR) is 80.3 cm³/mol. The molecular formula is C11H14FN3O2S2. The average Bonchev–Trinajstić information content (AvgIpc) is 2.37. The molecule has 1 aromatic rings. The first-order valence-electron chi connectivity index (χ1n) is 5.52. The van der Waals surface area contributed by atoms with E-state index in [9.17, 15) is 14.5 Å². The van der Waals surface area contributed by atoms with Gasteiger partial charge in [0.05, 0.1) is 10.6 Å². The Morgan fingerprint density at radius 2 is 2.32 bits per heavy atom. The third kappa shape index (κ3) is 5.39. The van der Waals surface area contributed by atoms with Crippen molar-refractivity contribution in [2.24, 2.45) is 0 Å². The highest BCUT2D eigenvalue weighted by molar-refractivity contribution is 7.98. The molecule has 0 radical (unpaired) electrons. The second kappa shape index (κ2) is 7.90. The highest BCUT2D eigenvalue weighted by atomic mass is 32.2. The van der Waals surface area contributed by atoms with Crippen LogP contribution in [0, 0.1) is 15.9 Å². The summed E-state index contributed by atoms with van der Waals surface area (Å²) in [6.45, 7) is 0.670. The second-order valence-electron chi connectivity index (χ2n) is 3.65. The van der Waals surface area contributed by atoms with Crippen LogP contribution in [0.2, 0.25) is 0 Å². The molecule has 19 heavy (non-hydrogen) atoms. The number of benzene rings is 1. The van der Waals surface area contributed by atoms with E-state index in [1.54, 1.807) is 11.8 Å². The Hall–Kier alpha value is -1.41. The summed E-state index contributed by atoms with van der Waals surface area (Å²) in [4.78, 5) is 10.0. The zero-order chi connectivity index (χ0) is 14.3. The van der Waals surface area contributed by atoms with E-state index < -0.39 is 10.7 Å². The van der Waals surface area contributed by atoms with Crippen LogP contribution >= 0.6 is 24.0 Å². The number of nitro groups is 1. The molecule has 0 aliphatic carbocycles. The fraction of sp³-hybridized carbons (Fsp3) is 0.364. The van der Waals surface area contributed by atoms with Crippen molar-refractivity contribution in [3.8, 4) is 0 Å². The number of anilines is 1. The number of nitro benzene ring substituents is 1. The topological polar surface area (TPSA) is 67.2 Å². The Bertz CT molecular complexity index is 471. The van der Waals surface area contributed by atoms with Gasteiger partial charge in [-0.2, -0.15) is 11.8 Å². The van der Waals surface area contributed by atoms with Crippen LogP contribution in [0.15, 0.2) is 18.2 Å². The maximum absolute atomic E-state index is 13.5. The average molecular weight is 303 g/mol. The highest BCUT2D eigenvalue weighted by Crippen LogP contribution is 2.20. The Morgan fingerprint density at radius 1 is 1.58 bits per heavy atom. The third-order valence-corrected chi connectivity index (χ3v) is 3.16. The molecule has 0 saturated heterocycles. The van der Waals surface area contributed by atoms with Crippen LogP contribution in [0.1, 0.15) is 6.42 Å². The molecule has 0 bridgehead atoms.